The maximum absolute atomic E-state index is 10.2. The summed E-state index contributed by atoms with van der Waals surface area (Å²) in [4.78, 5) is 19.9. The molecule has 0 rings (SSSR count). The zero-order chi connectivity index (χ0) is 9.98. The van der Waals surface area contributed by atoms with Gasteiger partial charge in [-0.25, -0.2) is 4.21 Å². The van der Waals surface area contributed by atoms with E-state index in [0.29, 0.717) is 12.7 Å². The summed E-state index contributed by atoms with van der Waals surface area (Å²) < 4.78 is 24.1. The molecule has 0 spiro atoms. The Labute approximate surface area is 73.3 Å². The first-order chi connectivity index (χ1) is 5.54. The van der Waals surface area contributed by atoms with Crippen LogP contribution in [0.15, 0.2) is 0 Å². The summed E-state index contributed by atoms with van der Waals surface area (Å²) in [6, 6.07) is 0. The first-order valence-corrected chi connectivity index (χ1v) is 4.34. The zero-order valence-electron chi connectivity index (χ0n) is 6.69. The highest BCUT2D eigenvalue weighted by molar-refractivity contribution is 7.73. The molecule has 0 saturated carbocycles. The lowest BCUT2D eigenvalue weighted by atomic mass is 10.2. The van der Waals surface area contributed by atoms with Gasteiger partial charge in [-0.15, -0.1) is 0 Å². The van der Waals surface area contributed by atoms with E-state index in [-0.39, 0.29) is 5.78 Å². The average molecular weight is 195 g/mol. The summed E-state index contributed by atoms with van der Waals surface area (Å²) in [5.41, 5.74) is 0. The molecule has 0 aliphatic carbocycles. The van der Waals surface area contributed by atoms with E-state index in [4.69, 9.17) is 13.3 Å². The Morgan fingerprint density at radius 2 is 2.08 bits per heavy atom. The summed E-state index contributed by atoms with van der Waals surface area (Å²) in [6.45, 7) is 1.98. The number of ketones is 1. The second-order valence-electron chi connectivity index (χ2n) is 1.90. The van der Waals surface area contributed by atoms with Crippen molar-refractivity contribution in [3.63, 3.8) is 0 Å². The largest absolute Gasteiger partial charge is 0.750 e. The molecule has 0 aliphatic rings. The summed E-state index contributed by atoms with van der Waals surface area (Å²) in [6.07, 6.45) is 2.60. The first-order valence-electron chi connectivity index (χ1n) is 3.31. The van der Waals surface area contributed by atoms with E-state index >= 15 is 0 Å². The van der Waals surface area contributed by atoms with Crippen LogP contribution in [0.5, 0.6) is 0 Å². The number of hydrogen-bond donors (Lipinski definition) is 1. The fraction of sp³-hybridized carbons (Fsp3) is 0.667. The second-order valence-corrected chi connectivity index (χ2v) is 2.34. The van der Waals surface area contributed by atoms with E-state index in [1.54, 1.807) is 0 Å². The fourth-order valence-electron chi connectivity index (χ4n) is 0.410. The Bertz CT molecular complexity index is 152. The van der Waals surface area contributed by atoms with Crippen molar-refractivity contribution < 1.29 is 22.9 Å². The van der Waals surface area contributed by atoms with Crippen LogP contribution in [0.2, 0.25) is 0 Å². The molecule has 0 saturated heterocycles. The molecule has 0 aromatic heterocycles. The van der Waals surface area contributed by atoms with Crippen molar-refractivity contribution in [2.24, 2.45) is 0 Å². The maximum Gasteiger partial charge on any atom is 0.195 e. The fourth-order valence-corrected chi connectivity index (χ4v) is 0.410. The number of carbonyl (C=O) groups is 2. The van der Waals surface area contributed by atoms with Gasteiger partial charge in [0.15, 0.2) is 12.1 Å². The van der Waals surface area contributed by atoms with Crippen molar-refractivity contribution in [3.8, 4) is 0 Å². The Kier molecular flexibility index (Phi) is 12.1. The van der Waals surface area contributed by atoms with Crippen molar-refractivity contribution in [3.05, 3.63) is 0 Å². The number of unbranched alkanes of at least 4 members (excludes halogenated alkanes) is 1. The average Bonchev–Trinajstić information content (AvgIpc) is 1.99. The van der Waals surface area contributed by atoms with Gasteiger partial charge in [-0.2, -0.15) is 0 Å². The smallest absolute Gasteiger partial charge is 0.195 e. The third kappa shape index (κ3) is 22.7. The highest BCUT2D eigenvalue weighted by atomic mass is 32.2. The van der Waals surface area contributed by atoms with Gasteiger partial charge in [0.1, 0.15) is 0 Å². The molecular weight excluding hydrogens is 184 g/mol. The molecule has 6 heteroatoms. The number of hydrogen-bond acceptors (Lipinski definition) is 4. The van der Waals surface area contributed by atoms with Crippen LogP contribution in [-0.2, 0) is 21.0 Å². The van der Waals surface area contributed by atoms with Crippen LogP contribution in [0.4, 0.5) is 0 Å². The molecule has 0 aromatic carbocycles. The molecule has 12 heavy (non-hydrogen) atoms. The third-order valence-electron chi connectivity index (χ3n) is 0.908. The van der Waals surface area contributed by atoms with E-state index in [0.717, 1.165) is 12.8 Å². The van der Waals surface area contributed by atoms with Gasteiger partial charge in [0.05, 0.1) is 11.4 Å². The SMILES string of the molecule is CCCCC(=O)C=O.O=S([O-])O. The lowest BCUT2D eigenvalue weighted by Crippen LogP contribution is -1.96. The van der Waals surface area contributed by atoms with Crippen LogP contribution in [0.3, 0.4) is 0 Å². The normalized spacial score (nSPS) is 10.9. The van der Waals surface area contributed by atoms with Gasteiger partial charge in [-0.05, 0) is 6.42 Å². The molecule has 5 nitrogen and oxygen atoms in total. The van der Waals surface area contributed by atoms with Gasteiger partial charge < -0.3 is 9.11 Å². The predicted octanol–water partition coefficient (Wildman–Crippen LogP) is 0.283. The van der Waals surface area contributed by atoms with E-state index < -0.39 is 11.4 Å². The van der Waals surface area contributed by atoms with Crippen molar-refractivity contribution in [2.45, 2.75) is 26.2 Å². The highest BCUT2D eigenvalue weighted by Gasteiger charge is 1.94. The maximum atomic E-state index is 10.2. The molecule has 0 heterocycles. The Morgan fingerprint density at radius 1 is 1.67 bits per heavy atom. The Balaban J connectivity index is 0. The van der Waals surface area contributed by atoms with Gasteiger partial charge in [0, 0.05) is 6.42 Å². The van der Waals surface area contributed by atoms with Crippen LogP contribution >= 0.6 is 0 Å². The molecule has 0 radical (unpaired) electrons. The second kappa shape index (κ2) is 10.4. The van der Waals surface area contributed by atoms with Gasteiger partial charge in [0.25, 0.3) is 0 Å². The molecule has 0 fully saturated rings. The standard InChI is InChI=1S/C6H10O2.H2O3S/c1-2-3-4-6(8)5-7;1-4(2)3/h5H,2-4H2,1H3;(H2,1,2,3)/p-1. The van der Waals surface area contributed by atoms with Gasteiger partial charge in [0.2, 0.25) is 0 Å². The van der Waals surface area contributed by atoms with E-state index in [1.807, 2.05) is 6.92 Å². The molecular formula is C6H11O5S-. The lowest BCUT2D eigenvalue weighted by molar-refractivity contribution is -0.129. The van der Waals surface area contributed by atoms with Crippen molar-refractivity contribution in [1.82, 2.24) is 0 Å². The van der Waals surface area contributed by atoms with Gasteiger partial charge in [-0.1, -0.05) is 13.3 Å². The first kappa shape index (κ1) is 14.0. The number of rotatable bonds is 4. The summed E-state index contributed by atoms with van der Waals surface area (Å²) in [5, 5.41) is 0. The van der Waals surface area contributed by atoms with E-state index in [2.05, 4.69) is 0 Å². The highest BCUT2D eigenvalue weighted by Crippen LogP contribution is 1.91. The lowest BCUT2D eigenvalue weighted by Gasteiger charge is -1.85. The molecule has 1 unspecified atom stereocenters. The van der Waals surface area contributed by atoms with Crippen molar-refractivity contribution >= 4 is 23.4 Å². The molecule has 1 atom stereocenters. The quantitative estimate of drug-likeness (QED) is 0.395. The Hall–Kier alpha value is -0.590. The summed E-state index contributed by atoms with van der Waals surface area (Å²) >= 11 is -2.86. The van der Waals surface area contributed by atoms with Crippen LogP contribution in [0, 0.1) is 0 Å². The molecule has 0 amide bonds. The van der Waals surface area contributed by atoms with Gasteiger partial charge in [-0.3, -0.25) is 9.59 Å². The monoisotopic (exact) mass is 195 g/mol. The molecule has 0 aliphatic heterocycles. The third-order valence-corrected chi connectivity index (χ3v) is 0.908. The van der Waals surface area contributed by atoms with Crippen molar-refractivity contribution in [1.29, 1.82) is 0 Å². The Morgan fingerprint density at radius 3 is 2.33 bits per heavy atom. The van der Waals surface area contributed by atoms with E-state index in [1.165, 1.54) is 0 Å². The summed E-state index contributed by atoms with van der Waals surface area (Å²) in [7, 11) is 0. The molecule has 72 valence electrons. The molecule has 0 bridgehead atoms. The minimum atomic E-state index is -2.86. The van der Waals surface area contributed by atoms with Crippen LogP contribution in [0.1, 0.15) is 26.2 Å². The summed E-state index contributed by atoms with van der Waals surface area (Å²) in [5.74, 6) is -0.285. The minimum absolute atomic E-state index is 0.285. The number of carbonyl (C=O) groups excluding carboxylic acids is 2. The molecule has 1 N–H and O–H groups in total. The number of aldehydes is 1. The minimum Gasteiger partial charge on any atom is -0.750 e. The topological polar surface area (TPSA) is 94.5 Å². The number of Topliss-reactive ketones (excluding diaryl/α,β-unsaturated/α-hetero) is 1. The predicted molar refractivity (Wildman–Crippen MR) is 42.1 cm³/mol. The van der Waals surface area contributed by atoms with Crippen LogP contribution in [0.25, 0.3) is 0 Å². The zero-order valence-corrected chi connectivity index (χ0v) is 7.50. The molecule has 0 aromatic rings. The van der Waals surface area contributed by atoms with Crippen LogP contribution in [-0.4, -0.2) is 25.4 Å². The van der Waals surface area contributed by atoms with Crippen LogP contribution < -0.4 is 0 Å². The van der Waals surface area contributed by atoms with Crippen molar-refractivity contribution in [2.75, 3.05) is 0 Å². The van der Waals surface area contributed by atoms with Gasteiger partial charge >= 0.3 is 0 Å². The van der Waals surface area contributed by atoms with E-state index in [9.17, 15) is 9.59 Å².